The molecule has 1 amide bonds. The standard InChI is InChI=1S/C14H29N3O/c1-10(2)9-16-14(18)12(4)17-6-5-11(3)7-13(17)8-15/h10-13H,5-9,15H2,1-4H3,(H,16,18). The number of nitrogens with zero attached hydrogens (tertiary/aromatic N) is 1. The van der Waals surface area contributed by atoms with Crippen molar-refractivity contribution in [1.82, 2.24) is 10.2 Å². The Hall–Kier alpha value is -0.610. The van der Waals surface area contributed by atoms with Crippen molar-refractivity contribution in [2.24, 2.45) is 17.6 Å². The summed E-state index contributed by atoms with van der Waals surface area (Å²) in [4.78, 5) is 14.4. The van der Waals surface area contributed by atoms with Gasteiger partial charge in [0.15, 0.2) is 0 Å². The largest absolute Gasteiger partial charge is 0.354 e. The third-order valence-electron chi connectivity index (χ3n) is 3.86. The van der Waals surface area contributed by atoms with Crippen molar-refractivity contribution in [1.29, 1.82) is 0 Å². The third-order valence-corrected chi connectivity index (χ3v) is 3.86. The van der Waals surface area contributed by atoms with Gasteiger partial charge in [-0.3, -0.25) is 9.69 Å². The summed E-state index contributed by atoms with van der Waals surface area (Å²) < 4.78 is 0. The second-order valence-corrected chi connectivity index (χ2v) is 6.07. The van der Waals surface area contributed by atoms with Gasteiger partial charge in [-0.25, -0.2) is 0 Å². The van der Waals surface area contributed by atoms with Crippen LogP contribution in [0.5, 0.6) is 0 Å². The molecule has 1 saturated heterocycles. The van der Waals surface area contributed by atoms with Crippen LogP contribution in [0.15, 0.2) is 0 Å². The number of likely N-dealkylation sites (tertiary alicyclic amines) is 1. The van der Waals surface area contributed by atoms with E-state index in [2.05, 4.69) is 31.0 Å². The van der Waals surface area contributed by atoms with Gasteiger partial charge in [0.25, 0.3) is 0 Å². The molecule has 3 N–H and O–H groups in total. The number of nitrogens with two attached hydrogens (primary N) is 1. The molecule has 1 rings (SSSR count). The summed E-state index contributed by atoms with van der Waals surface area (Å²) in [5, 5.41) is 3.01. The Morgan fingerprint density at radius 2 is 2.11 bits per heavy atom. The minimum Gasteiger partial charge on any atom is -0.354 e. The molecule has 1 aliphatic rings. The van der Waals surface area contributed by atoms with Crippen LogP contribution in [0.3, 0.4) is 0 Å². The van der Waals surface area contributed by atoms with Gasteiger partial charge in [-0.2, -0.15) is 0 Å². The zero-order chi connectivity index (χ0) is 13.7. The molecule has 0 spiro atoms. The van der Waals surface area contributed by atoms with Crippen molar-refractivity contribution in [3.8, 4) is 0 Å². The molecule has 106 valence electrons. The van der Waals surface area contributed by atoms with Crippen molar-refractivity contribution >= 4 is 5.91 Å². The molecule has 0 aromatic heterocycles. The average molecular weight is 255 g/mol. The summed E-state index contributed by atoms with van der Waals surface area (Å²) >= 11 is 0. The Labute approximate surface area is 111 Å². The van der Waals surface area contributed by atoms with Crippen molar-refractivity contribution in [3.63, 3.8) is 0 Å². The molecule has 0 aromatic carbocycles. The number of hydrogen-bond acceptors (Lipinski definition) is 3. The van der Waals surface area contributed by atoms with Crippen molar-refractivity contribution in [3.05, 3.63) is 0 Å². The zero-order valence-electron chi connectivity index (χ0n) is 12.3. The SMILES string of the molecule is CC(C)CNC(=O)C(C)N1CCC(C)CC1CN. The first-order chi connectivity index (χ1) is 8.45. The number of nitrogens with one attached hydrogen (secondary N) is 1. The lowest BCUT2D eigenvalue weighted by Gasteiger charge is -2.41. The van der Waals surface area contributed by atoms with E-state index in [-0.39, 0.29) is 11.9 Å². The van der Waals surface area contributed by atoms with E-state index in [1.807, 2.05) is 6.92 Å². The maximum Gasteiger partial charge on any atom is 0.237 e. The predicted octanol–water partition coefficient (Wildman–Crippen LogP) is 1.21. The summed E-state index contributed by atoms with van der Waals surface area (Å²) in [6.45, 7) is 10.9. The Bertz CT molecular complexity index is 268. The van der Waals surface area contributed by atoms with Crippen LogP contribution in [0.1, 0.15) is 40.5 Å². The fraction of sp³-hybridized carbons (Fsp3) is 0.929. The minimum absolute atomic E-state index is 0.0650. The number of rotatable bonds is 5. The van der Waals surface area contributed by atoms with Gasteiger partial charge in [-0.15, -0.1) is 0 Å². The van der Waals surface area contributed by atoms with E-state index in [1.54, 1.807) is 0 Å². The maximum atomic E-state index is 12.1. The third kappa shape index (κ3) is 4.25. The minimum atomic E-state index is -0.0650. The van der Waals surface area contributed by atoms with E-state index in [4.69, 9.17) is 5.73 Å². The van der Waals surface area contributed by atoms with Crippen LogP contribution in [0.4, 0.5) is 0 Å². The van der Waals surface area contributed by atoms with Gasteiger partial charge in [0.05, 0.1) is 6.04 Å². The van der Waals surface area contributed by atoms with Crippen LogP contribution >= 0.6 is 0 Å². The Morgan fingerprint density at radius 1 is 1.44 bits per heavy atom. The summed E-state index contributed by atoms with van der Waals surface area (Å²) in [6, 6.07) is 0.290. The van der Waals surface area contributed by atoms with Gasteiger partial charge in [-0.05, 0) is 38.1 Å². The van der Waals surface area contributed by atoms with Crippen molar-refractivity contribution in [2.75, 3.05) is 19.6 Å². The number of hydrogen-bond donors (Lipinski definition) is 2. The highest BCUT2D eigenvalue weighted by Gasteiger charge is 2.31. The monoisotopic (exact) mass is 255 g/mol. The van der Waals surface area contributed by atoms with Crippen LogP contribution in [0.25, 0.3) is 0 Å². The molecule has 0 bridgehead atoms. The lowest BCUT2D eigenvalue weighted by Crippen LogP contribution is -2.55. The summed E-state index contributed by atoms with van der Waals surface area (Å²) in [6.07, 6.45) is 2.27. The fourth-order valence-corrected chi connectivity index (χ4v) is 2.61. The first-order valence-corrected chi connectivity index (χ1v) is 7.19. The van der Waals surface area contributed by atoms with Crippen LogP contribution in [-0.4, -0.2) is 42.5 Å². The molecule has 0 aliphatic carbocycles. The smallest absolute Gasteiger partial charge is 0.237 e. The molecular formula is C14H29N3O. The Balaban J connectivity index is 2.53. The quantitative estimate of drug-likeness (QED) is 0.776. The van der Waals surface area contributed by atoms with Gasteiger partial charge in [0.2, 0.25) is 5.91 Å². The first kappa shape index (κ1) is 15.4. The highest BCUT2D eigenvalue weighted by Crippen LogP contribution is 2.23. The lowest BCUT2D eigenvalue weighted by atomic mass is 9.91. The molecule has 4 nitrogen and oxygen atoms in total. The number of carbonyl (C=O) groups is 1. The fourth-order valence-electron chi connectivity index (χ4n) is 2.61. The van der Waals surface area contributed by atoms with E-state index in [1.165, 1.54) is 0 Å². The van der Waals surface area contributed by atoms with Crippen molar-refractivity contribution in [2.45, 2.75) is 52.6 Å². The second kappa shape index (κ2) is 7.10. The van der Waals surface area contributed by atoms with E-state index < -0.39 is 0 Å². The highest BCUT2D eigenvalue weighted by molar-refractivity contribution is 5.81. The Morgan fingerprint density at radius 3 is 2.67 bits per heavy atom. The number of amides is 1. The van der Waals surface area contributed by atoms with Gasteiger partial charge in [0, 0.05) is 19.1 Å². The zero-order valence-corrected chi connectivity index (χ0v) is 12.3. The van der Waals surface area contributed by atoms with Gasteiger partial charge in [0.1, 0.15) is 0 Å². The molecule has 1 heterocycles. The molecule has 3 atom stereocenters. The molecule has 0 aromatic rings. The molecule has 1 fully saturated rings. The number of piperidine rings is 1. The van der Waals surface area contributed by atoms with Crippen LogP contribution in [0.2, 0.25) is 0 Å². The van der Waals surface area contributed by atoms with E-state index >= 15 is 0 Å². The Kier molecular flexibility index (Phi) is 6.09. The van der Waals surface area contributed by atoms with Crippen LogP contribution in [-0.2, 0) is 4.79 Å². The molecular weight excluding hydrogens is 226 g/mol. The predicted molar refractivity (Wildman–Crippen MR) is 75.3 cm³/mol. The second-order valence-electron chi connectivity index (χ2n) is 6.07. The highest BCUT2D eigenvalue weighted by atomic mass is 16.2. The van der Waals surface area contributed by atoms with Crippen LogP contribution < -0.4 is 11.1 Å². The van der Waals surface area contributed by atoms with Gasteiger partial charge < -0.3 is 11.1 Å². The average Bonchev–Trinajstić information content (AvgIpc) is 2.34. The van der Waals surface area contributed by atoms with E-state index in [0.29, 0.717) is 18.5 Å². The van der Waals surface area contributed by atoms with Crippen molar-refractivity contribution < 1.29 is 4.79 Å². The maximum absolute atomic E-state index is 12.1. The lowest BCUT2D eigenvalue weighted by molar-refractivity contribution is -0.127. The van der Waals surface area contributed by atoms with Crippen LogP contribution in [0, 0.1) is 11.8 Å². The molecule has 0 radical (unpaired) electrons. The van der Waals surface area contributed by atoms with Gasteiger partial charge >= 0.3 is 0 Å². The summed E-state index contributed by atoms with van der Waals surface area (Å²) in [5.41, 5.74) is 5.84. The first-order valence-electron chi connectivity index (χ1n) is 7.19. The summed E-state index contributed by atoms with van der Waals surface area (Å²) in [5.74, 6) is 1.35. The van der Waals surface area contributed by atoms with Gasteiger partial charge in [-0.1, -0.05) is 20.8 Å². The molecule has 18 heavy (non-hydrogen) atoms. The molecule has 4 heteroatoms. The molecule has 0 saturated carbocycles. The van der Waals surface area contributed by atoms with E-state index in [9.17, 15) is 4.79 Å². The molecule has 3 unspecified atom stereocenters. The summed E-state index contributed by atoms with van der Waals surface area (Å²) in [7, 11) is 0. The topological polar surface area (TPSA) is 58.4 Å². The van der Waals surface area contributed by atoms with E-state index in [0.717, 1.165) is 31.8 Å². The normalized spacial score (nSPS) is 27.2. The number of carbonyl (C=O) groups excluding carboxylic acids is 1. The molecule has 1 aliphatic heterocycles.